The molecule has 0 heterocycles. The fourth-order valence-corrected chi connectivity index (χ4v) is 2.04. The maximum absolute atomic E-state index is 11.9. The van der Waals surface area contributed by atoms with Gasteiger partial charge in [0, 0.05) is 0 Å². The number of esters is 2. The van der Waals surface area contributed by atoms with Crippen LogP contribution in [0.3, 0.4) is 0 Å². The van der Waals surface area contributed by atoms with E-state index >= 15 is 0 Å². The van der Waals surface area contributed by atoms with Crippen molar-refractivity contribution in [2.75, 3.05) is 20.8 Å². The van der Waals surface area contributed by atoms with Gasteiger partial charge in [0.25, 0.3) is 0 Å². The molecule has 1 unspecified atom stereocenters. The summed E-state index contributed by atoms with van der Waals surface area (Å²) in [5.74, 6) is -1.83. The Morgan fingerprint density at radius 2 is 1.86 bits per heavy atom. The molecule has 1 atom stereocenters. The third-order valence-corrected chi connectivity index (χ3v) is 3.19. The highest BCUT2D eigenvalue weighted by atomic mass is 16.5. The number of methoxy groups -OCH3 is 2. The maximum atomic E-state index is 11.9. The molecule has 6 heteroatoms. The van der Waals surface area contributed by atoms with Crippen molar-refractivity contribution in [3.05, 3.63) is 29.3 Å². The monoisotopic (exact) mass is 308 g/mol. The Hall–Kier alpha value is -2.37. The minimum atomic E-state index is -0.929. The molecule has 1 aromatic rings. The fourth-order valence-electron chi connectivity index (χ4n) is 2.04. The minimum Gasteiger partial charge on any atom is -0.496 e. The molecule has 0 saturated heterocycles. The lowest BCUT2D eigenvalue weighted by atomic mass is 9.94. The van der Waals surface area contributed by atoms with Gasteiger partial charge in [0.1, 0.15) is 17.5 Å². The van der Waals surface area contributed by atoms with Gasteiger partial charge in [-0.1, -0.05) is 0 Å². The lowest BCUT2D eigenvalue weighted by Gasteiger charge is -2.15. The summed E-state index contributed by atoms with van der Waals surface area (Å²) in [4.78, 5) is 35.2. The number of carbonyl (C=O) groups is 3. The van der Waals surface area contributed by atoms with E-state index < -0.39 is 17.9 Å². The highest BCUT2D eigenvalue weighted by Crippen LogP contribution is 2.24. The van der Waals surface area contributed by atoms with Gasteiger partial charge < -0.3 is 14.2 Å². The van der Waals surface area contributed by atoms with E-state index in [1.807, 2.05) is 0 Å². The summed E-state index contributed by atoms with van der Waals surface area (Å²) in [5, 5.41) is 0. The van der Waals surface area contributed by atoms with E-state index in [9.17, 15) is 14.4 Å². The molecular formula is C16H20O6. The van der Waals surface area contributed by atoms with Crippen LogP contribution in [0.4, 0.5) is 0 Å². The van der Waals surface area contributed by atoms with Gasteiger partial charge in [0.2, 0.25) is 0 Å². The normalized spacial score (nSPS) is 11.5. The molecular weight excluding hydrogens is 288 g/mol. The standard InChI is InChI=1S/C16H20O6/c1-5-22-16(19)13(10(2)17)9-12-8-11(15(18)21-4)6-7-14(12)20-3/h6-8,13H,5,9H2,1-4H3. The quantitative estimate of drug-likeness (QED) is 0.564. The van der Waals surface area contributed by atoms with Crippen molar-refractivity contribution in [2.45, 2.75) is 20.3 Å². The molecule has 0 saturated carbocycles. The van der Waals surface area contributed by atoms with Crippen LogP contribution in [0.25, 0.3) is 0 Å². The van der Waals surface area contributed by atoms with Gasteiger partial charge >= 0.3 is 11.9 Å². The maximum Gasteiger partial charge on any atom is 0.337 e. The predicted molar refractivity (Wildman–Crippen MR) is 78.8 cm³/mol. The summed E-state index contributed by atoms with van der Waals surface area (Å²) in [5.41, 5.74) is 0.892. The van der Waals surface area contributed by atoms with Crippen LogP contribution >= 0.6 is 0 Å². The Morgan fingerprint density at radius 1 is 1.18 bits per heavy atom. The van der Waals surface area contributed by atoms with E-state index in [4.69, 9.17) is 9.47 Å². The number of hydrogen-bond donors (Lipinski definition) is 0. The Kier molecular flexibility index (Phi) is 6.56. The van der Waals surface area contributed by atoms with Crippen LogP contribution in [0.15, 0.2) is 18.2 Å². The predicted octanol–water partition coefficient (Wildman–Crippen LogP) is 1.79. The number of ether oxygens (including phenoxy) is 3. The third-order valence-electron chi connectivity index (χ3n) is 3.19. The van der Waals surface area contributed by atoms with Crippen molar-refractivity contribution in [2.24, 2.45) is 5.92 Å². The van der Waals surface area contributed by atoms with Gasteiger partial charge in [-0.3, -0.25) is 9.59 Å². The van der Waals surface area contributed by atoms with Crippen LogP contribution in [0, 0.1) is 5.92 Å². The van der Waals surface area contributed by atoms with Crippen molar-refractivity contribution >= 4 is 17.7 Å². The third kappa shape index (κ3) is 4.31. The smallest absolute Gasteiger partial charge is 0.337 e. The molecule has 0 spiro atoms. The van der Waals surface area contributed by atoms with E-state index in [1.165, 1.54) is 21.1 Å². The molecule has 0 aliphatic heterocycles. The summed E-state index contributed by atoms with van der Waals surface area (Å²) < 4.78 is 14.8. The van der Waals surface area contributed by atoms with Crippen molar-refractivity contribution in [1.82, 2.24) is 0 Å². The van der Waals surface area contributed by atoms with E-state index in [-0.39, 0.29) is 18.8 Å². The van der Waals surface area contributed by atoms with E-state index in [2.05, 4.69) is 4.74 Å². The number of ketones is 1. The van der Waals surface area contributed by atoms with Crippen molar-refractivity contribution < 1.29 is 28.6 Å². The molecule has 120 valence electrons. The number of rotatable bonds is 7. The molecule has 0 aromatic heterocycles. The minimum absolute atomic E-state index is 0.0994. The molecule has 1 rings (SSSR count). The zero-order chi connectivity index (χ0) is 16.7. The number of Topliss-reactive ketones (excluding diaryl/α,β-unsaturated/α-hetero) is 1. The van der Waals surface area contributed by atoms with E-state index in [1.54, 1.807) is 25.1 Å². The molecule has 0 aliphatic carbocycles. The molecule has 0 aliphatic rings. The second-order valence-corrected chi connectivity index (χ2v) is 4.64. The summed E-state index contributed by atoms with van der Waals surface area (Å²) in [7, 11) is 2.76. The molecule has 0 N–H and O–H groups in total. The van der Waals surface area contributed by atoms with Crippen molar-refractivity contribution in [3.8, 4) is 5.75 Å². The highest BCUT2D eigenvalue weighted by Gasteiger charge is 2.26. The summed E-state index contributed by atoms with van der Waals surface area (Å²) in [6.45, 7) is 3.20. The zero-order valence-electron chi connectivity index (χ0n) is 13.2. The first-order valence-electron chi connectivity index (χ1n) is 6.86. The molecule has 0 amide bonds. The Morgan fingerprint density at radius 3 is 2.36 bits per heavy atom. The van der Waals surface area contributed by atoms with Gasteiger partial charge in [-0.15, -0.1) is 0 Å². The largest absolute Gasteiger partial charge is 0.496 e. The topological polar surface area (TPSA) is 78.9 Å². The van der Waals surface area contributed by atoms with Gasteiger partial charge in [0.15, 0.2) is 0 Å². The first kappa shape index (κ1) is 17.7. The SMILES string of the molecule is CCOC(=O)C(Cc1cc(C(=O)OC)ccc1OC)C(C)=O. The highest BCUT2D eigenvalue weighted by molar-refractivity contribution is 5.98. The van der Waals surface area contributed by atoms with Crippen LogP contribution in [-0.4, -0.2) is 38.5 Å². The summed E-state index contributed by atoms with van der Waals surface area (Å²) in [6.07, 6.45) is 0.0994. The van der Waals surface area contributed by atoms with Gasteiger partial charge in [0.05, 0.1) is 26.4 Å². The number of hydrogen-bond acceptors (Lipinski definition) is 6. The second kappa shape index (κ2) is 8.17. The zero-order valence-corrected chi connectivity index (χ0v) is 13.2. The van der Waals surface area contributed by atoms with Crippen LogP contribution < -0.4 is 4.74 Å². The van der Waals surface area contributed by atoms with Crippen LogP contribution in [0.5, 0.6) is 5.75 Å². The summed E-state index contributed by atoms with van der Waals surface area (Å²) in [6, 6.07) is 4.71. The average Bonchev–Trinajstić information content (AvgIpc) is 2.51. The lowest BCUT2D eigenvalue weighted by molar-refractivity contribution is -0.151. The first-order valence-corrected chi connectivity index (χ1v) is 6.86. The summed E-state index contributed by atoms with van der Waals surface area (Å²) >= 11 is 0. The second-order valence-electron chi connectivity index (χ2n) is 4.64. The van der Waals surface area contributed by atoms with Gasteiger partial charge in [-0.05, 0) is 44.0 Å². The number of carbonyl (C=O) groups excluding carboxylic acids is 3. The fraction of sp³-hybridized carbons (Fsp3) is 0.438. The van der Waals surface area contributed by atoms with E-state index in [0.717, 1.165) is 0 Å². The molecule has 0 bridgehead atoms. The van der Waals surface area contributed by atoms with Crippen LogP contribution in [0.1, 0.15) is 29.8 Å². The number of benzene rings is 1. The molecule has 1 aromatic carbocycles. The van der Waals surface area contributed by atoms with Crippen molar-refractivity contribution in [1.29, 1.82) is 0 Å². The van der Waals surface area contributed by atoms with Gasteiger partial charge in [-0.25, -0.2) is 4.79 Å². The molecule has 22 heavy (non-hydrogen) atoms. The molecule has 0 radical (unpaired) electrons. The van der Waals surface area contributed by atoms with E-state index in [0.29, 0.717) is 16.9 Å². The Bertz CT molecular complexity index is 564. The Labute approximate surface area is 129 Å². The van der Waals surface area contributed by atoms with Crippen LogP contribution in [-0.2, 0) is 25.5 Å². The first-order chi connectivity index (χ1) is 10.4. The van der Waals surface area contributed by atoms with Crippen molar-refractivity contribution in [3.63, 3.8) is 0 Å². The molecule has 0 fully saturated rings. The van der Waals surface area contributed by atoms with Crippen LogP contribution in [0.2, 0.25) is 0 Å². The molecule has 6 nitrogen and oxygen atoms in total. The lowest BCUT2D eigenvalue weighted by Crippen LogP contribution is -2.26. The van der Waals surface area contributed by atoms with Gasteiger partial charge in [-0.2, -0.15) is 0 Å². The average molecular weight is 308 g/mol. The Balaban J connectivity index is 3.13.